The van der Waals surface area contributed by atoms with Gasteiger partial charge in [-0.3, -0.25) is 15.5 Å². The minimum Gasteiger partial charge on any atom is -0.331 e. The van der Waals surface area contributed by atoms with E-state index in [1.807, 2.05) is 24.3 Å². The van der Waals surface area contributed by atoms with Gasteiger partial charge in [0, 0.05) is 35.1 Å². The summed E-state index contributed by atoms with van der Waals surface area (Å²) < 4.78 is 2.09. The number of rotatable bonds is 7. The number of non-ortho nitro benzene ring substituents is 1. The monoisotopic (exact) mass is 370 g/mol. The summed E-state index contributed by atoms with van der Waals surface area (Å²) >= 11 is 6.59. The Kier molecular flexibility index (Phi) is 5.53. The van der Waals surface area contributed by atoms with E-state index in [4.69, 9.17) is 11.6 Å². The molecule has 6 nitrogen and oxygen atoms in total. The first-order valence-electron chi connectivity index (χ1n) is 8.42. The molecule has 1 heterocycles. The van der Waals surface area contributed by atoms with Crippen LogP contribution in [0.25, 0.3) is 10.9 Å². The average Bonchev–Trinajstić information content (AvgIpc) is 2.92. The van der Waals surface area contributed by atoms with Crippen LogP contribution in [0.2, 0.25) is 5.15 Å². The van der Waals surface area contributed by atoms with Crippen LogP contribution in [0.1, 0.15) is 25.3 Å². The summed E-state index contributed by atoms with van der Waals surface area (Å²) in [6, 6.07) is 14.2. The van der Waals surface area contributed by atoms with Crippen LogP contribution < -0.4 is 5.43 Å². The Balaban J connectivity index is 1.88. The van der Waals surface area contributed by atoms with Crippen molar-refractivity contribution in [3.63, 3.8) is 0 Å². The summed E-state index contributed by atoms with van der Waals surface area (Å²) in [6.45, 7) is 2.99. The van der Waals surface area contributed by atoms with Crippen LogP contribution in [0.4, 0.5) is 11.4 Å². The predicted molar refractivity (Wildman–Crippen MR) is 106 cm³/mol. The predicted octanol–water partition coefficient (Wildman–Crippen LogP) is 5.45. The Morgan fingerprint density at radius 1 is 1.27 bits per heavy atom. The second-order valence-electron chi connectivity index (χ2n) is 5.90. The molecular weight excluding hydrogens is 352 g/mol. The van der Waals surface area contributed by atoms with Gasteiger partial charge in [-0.05, 0) is 18.6 Å². The number of aromatic nitrogens is 1. The highest BCUT2D eigenvalue weighted by Crippen LogP contribution is 2.29. The van der Waals surface area contributed by atoms with Gasteiger partial charge in [-0.2, -0.15) is 5.10 Å². The molecule has 0 saturated heterocycles. The van der Waals surface area contributed by atoms with Crippen molar-refractivity contribution in [3.05, 3.63) is 69.4 Å². The van der Waals surface area contributed by atoms with E-state index in [0.717, 1.165) is 35.9 Å². The van der Waals surface area contributed by atoms with Crippen LogP contribution >= 0.6 is 11.6 Å². The number of nitrogens with one attached hydrogen (secondary N) is 1. The van der Waals surface area contributed by atoms with E-state index in [1.54, 1.807) is 18.3 Å². The largest absolute Gasteiger partial charge is 0.331 e. The fourth-order valence-electron chi connectivity index (χ4n) is 2.82. The van der Waals surface area contributed by atoms with E-state index in [9.17, 15) is 10.1 Å². The van der Waals surface area contributed by atoms with Crippen molar-refractivity contribution in [1.29, 1.82) is 0 Å². The summed E-state index contributed by atoms with van der Waals surface area (Å²) in [4.78, 5) is 10.4. The summed E-state index contributed by atoms with van der Waals surface area (Å²) in [5, 5.41) is 16.7. The Morgan fingerprint density at radius 2 is 2.08 bits per heavy atom. The molecule has 2 aromatic carbocycles. The fourth-order valence-corrected chi connectivity index (χ4v) is 3.14. The number of unbranched alkanes of at least 4 members (excludes halogenated alkanes) is 1. The molecule has 0 aliphatic rings. The van der Waals surface area contributed by atoms with E-state index >= 15 is 0 Å². The molecule has 0 aliphatic carbocycles. The minimum atomic E-state index is -0.437. The third kappa shape index (κ3) is 3.70. The van der Waals surface area contributed by atoms with Gasteiger partial charge in [0.25, 0.3) is 5.69 Å². The summed E-state index contributed by atoms with van der Waals surface area (Å²) in [5.41, 5.74) is 5.29. The molecule has 0 aliphatic heterocycles. The molecule has 0 fully saturated rings. The van der Waals surface area contributed by atoms with Crippen LogP contribution in [0, 0.1) is 10.1 Å². The molecule has 1 N–H and O–H groups in total. The Hall–Kier alpha value is -2.86. The van der Waals surface area contributed by atoms with Gasteiger partial charge < -0.3 is 4.57 Å². The van der Waals surface area contributed by atoms with E-state index in [1.165, 1.54) is 12.1 Å². The maximum Gasteiger partial charge on any atom is 0.271 e. The zero-order valence-electron chi connectivity index (χ0n) is 14.4. The fraction of sp³-hybridized carbons (Fsp3) is 0.211. The molecule has 3 aromatic rings. The zero-order chi connectivity index (χ0) is 18.5. The number of benzene rings is 2. The van der Waals surface area contributed by atoms with Crippen molar-refractivity contribution in [1.82, 2.24) is 4.57 Å². The van der Waals surface area contributed by atoms with Crippen LogP contribution in [-0.4, -0.2) is 15.7 Å². The Labute approximate surface area is 156 Å². The number of hydrogen-bond donors (Lipinski definition) is 1. The van der Waals surface area contributed by atoms with Crippen LogP contribution in [0.15, 0.2) is 53.6 Å². The van der Waals surface area contributed by atoms with E-state index in [0.29, 0.717) is 10.8 Å². The SMILES string of the molecule is CCCCn1c(Cl)c(/C=N/Nc2cccc([N+](=O)[O-])c2)c2ccccc21. The lowest BCUT2D eigenvalue weighted by atomic mass is 10.2. The Bertz CT molecular complexity index is 965. The van der Waals surface area contributed by atoms with Crippen molar-refractivity contribution in [2.45, 2.75) is 26.3 Å². The summed E-state index contributed by atoms with van der Waals surface area (Å²) in [6.07, 6.45) is 3.79. The number of hydrazone groups is 1. The lowest BCUT2D eigenvalue weighted by Gasteiger charge is -2.05. The molecule has 26 heavy (non-hydrogen) atoms. The molecule has 3 rings (SSSR count). The maximum atomic E-state index is 10.8. The first kappa shape index (κ1) is 17.9. The van der Waals surface area contributed by atoms with E-state index in [2.05, 4.69) is 22.0 Å². The standard InChI is InChI=1S/C19H19ClN4O2/c1-2-3-11-23-18-10-5-4-9-16(18)17(19(23)20)13-21-22-14-7-6-8-15(12-14)24(25)26/h4-10,12-13,22H,2-3,11H2,1H3/b21-13+. The van der Waals surface area contributed by atoms with Gasteiger partial charge in [-0.25, -0.2) is 0 Å². The normalized spacial score (nSPS) is 11.3. The molecule has 1 aromatic heterocycles. The molecule has 0 spiro atoms. The molecule has 0 bridgehead atoms. The number of hydrogen-bond acceptors (Lipinski definition) is 4. The zero-order valence-corrected chi connectivity index (χ0v) is 15.1. The first-order chi connectivity index (χ1) is 12.6. The highest BCUT2D eigenvalue weighted by molar-refractivity contribution is 6.34. The number of halogens is 1. The highest BCUT2D eigenvalue weighted by atomic mass is 35.5. The van der Waals surface area contributed by atoms with E-state index in [-0.39, 0.29) is 5.69 Å². The van der Waals surface area contributed by atoms with Crippen molar-refractivity contribution in [3.8, 4) is 0 Å². The van der Waals surface area contributed by atoms with Crippen LogP contribution in [0.3, 0.4) is 0 Å². The van der Waals surface area contributed by atoms with Gasteiger partial charge >= 0.3 is 0 Å². The third-order valence-corrected chi connectivity index (χ3v) is 4.53. The molecule has 0 unspecified atom stereocenters. The van der Waals surface area contributed by atoms with Crippen molar-refractivity contribution in [2.75, 3.05) is 5.43 Å². The second kappa shape index (κ2) is 8.01. The van der Waals surface area contributed by atoms with Gasteiger partial charge in [-0.15, -0.1) is 0 Å². The maximum absolute atomic E-state index is 10.8. The lowest BCUT2D eigenvalue weighted by Crippen LogP contribution is -1.98. The molecule has 0 radical (unpaired) electrons. The molecule has 134 valence electrons. The number of para-hydroxylation sites is 1. The molecular formula is C19H19ClN4O2. The van der Waals surface area contributed by atoms with Gasteiger partial charge in [-0.1, -0.05) is 49.2 Å². The Morgan fingerprint density at radius 3 is 2.85 bits per heavy atom. The minimum absolute atomic E-state index is 0.0133. The van der Waals surface area contributed by atoms with Crippen molar-refractivity contribution >= 4 is 40.1 Å². The topological polar surface area (TPSA) is 72.5 Å². The smallest absolute Gasteiger partial charge is 0.271 e. The highest BCUT2D eigenvalue weighted by Gasteiger charge is 2.13. The van der Waals surface area contributed by atoms with Crippen LogP contribution in [-0.2, 0) is 6.54 Å². The molecule has 0 atom stereocenters. The van der Waals surface area contributed by atoms with Gasteiger partial charge in [0.15, 0.2) is 0 Å². The summed E-state index contributed by atoms with van der Waals surface area (Å²) in [7, 11) is 0. The number of aryl methyl sites for hydroxylation is 1. The number of nitro benzene ring substituents is 1. The van der Waals surface area contributed by atoms with Crippen molar-refractivity contribution < 1.29 is 4.92 Å². The quantitative estimate of drug-likeness (QED) is 0.341. The van der Waals surface area contributed by atoms with Gasteiger partial charge in [0.2, 0.25) is 0 Å². The number of fused-ring (bicyclic) bond motifs is 1. The molecule has 0 saturated carbocycles. The second-order valence-corrected chi connectivity index (χ2v) is 6.26. The van der Waals surface area contributed by atoms with Gasteiger partial charge in [0.05, 0.1) is 16.8 Å². The number of nitrogens with zero attached hydrogens (tertiary/aromatic N) is 3. The lowest BCUT2D eigenvalue weighted by molar-refractivity contribution is -0.384. The molecule has 7 heteroatoms. The third-order valence-electron chi connectivity index (χ3n) is 4.12. The summed E-state index contributed by atoms with van der Waals surface area (Å²) in [5.74, 6) is 0. The number of nitro groups is 1. The average molecular weight is 371 g/mol. The molecule has 0 amide bonds. The van der Waals surface area contributed by atoms with Gasteiger partial charge in [0.1, 0.15) is 5.15 Å². The van der Waals surface area contributed by atoms with E-state index < -0.39 is 4.92 Å². The van der Waals surface area contributed by atoms with Crippen LogP contribution in [0.5, 0.6) is 0 Å². The number of anilines is 1. The van der Waals surface area contributed by atoms with Crippen molar-refractivity contribution in [2.24, 2.45) is 5.10 Å². The first-order valence-corrected chi connectivity index (χ1v) is 8.80.